The van der Waals surface area contributed by atoms with Gasteiger partial charge in [0, 0.05) is 55.8 Å². The molecule has 0 spiro atoms. The van der Waals surface area contributed by atoms with Gasteiger partial charge in [-0.3, -0.25) is 24.1 Å². The molecule has 11 heteroatoms. The van der Waals surface area contributed by atoms with Crippen molar-refractivity contribution in [2.24, 2.45) is 75.4 Å². The number of hydrogen-bond acceptors (Lipinski definition) is 9. The van der Waals surface area contributed by atoms with Crippen LogP contribution in [0.1, 0.15) is 132 Å². The standard InChI is InChI=1S/C42H66N2O5.C6H11NO2.C2H7N/c1-23(2)36-33(46)20-42(21-35(47)44-22-39(5,6)43-9)17-14-31-27(37(36)42)10-11-34-40(7)15-12-26(24(3)30(40)13-16-41(31,34)8)18-32(45)28-19-29(25(28)4)38(48)49;8-4-1-7-2-5-9-6-3-7;1-3-2/h23-31,34,43H,10-22H2,1-9H3,(H,44,47)(H,48,49);4H,1-3,5-6H2;3H,1-2H3. The first-order chi connectivity index (χ1) is 28.7. The van der Waals surface area contributed by atoms with E-state index in [1.165, 1.54) is 31.3 Å². The fourth-order valence-electron chi connectivity index (χ4n) is 14.2. The quantitative estimate of drug-likeness (QED) is 0.151. The highest BCUT2D eigenvalue weighted by Gasteiger charge is 2.65. The summed E-state index contributed by atoms with van der Waals surface area (Å²) in [6.45, 7) is 22.5. The molecule has 7 rings (SSSR count). The topological polar surface area (TPSA) is 154 Å². The van der Waals surface area contributed by atoms with Crippen molar-refractivity contribution in [3.05, 3.63) is 11.1 Å². The van der Waals surface area contributed by atoms with E-state index in [4.69, 9.17) is 4.74 Å². The number of hydrogen-bond donors (Lipinski definition) is 4. The maximum Gasteiger partial charge on any atom is 0.306 e. The number of ether oxygens (including phenoxy) is 1. The Morgan fingerprint density at radius 1 is 0.918 bits per heavy atom. The van der Waals surface area contributed by atoms with Gasteiger partial charge in [-0.1, -0.05) is 47.1 Å². The number of rotatable bonds is 12. The third-order valence-electron chi connectivity index (χ3n) is 17.8. The van der Waals surface area contributed by atoms with E-state index in [0.29, 0.717) is 80.1 Å². The molecule has 0 radical (unpaired) electrons. The summed E-state index contributed by atoms with van der Waals surface area (Å²) in [7, 11) is 5.67. The van der Waals surface area contributed by atoms with E-state index in [0.717, 1.165) is 63.8 Å². The number of Topliss-reactive ketones (excluding diaryl/α,β-unsaturated/α-hetero) is 2. The number of carbonyl (C=O) groups excluding carboxylic acids is 4. The highest BCUT2D eigenvalue weighted by Crippen LogP contribution is 2.72. The molecule has 0 aromatic rings. The number of nitrogens with one attached hydrogen (secondary N) is 3. The molecule has 1 amide bonds. The van der Waals surface area contributed by atoms with Crippen molar-refractivity contribution in [3.8, 4) is 0 Å². The van der Waals surface area contributed by atoms with E-state index >= 15 is 0 Å². The Hall–Kier alpha value is -2.47. The summed E-state index contributed by atoms with van der Waals surface area (Å²) in [5, 5.41) is 18.7. The monoisotopic (exact) mass is 853 g/mol. The molecule has 0 bridgehead atoms. The molecule has 6 aliphatic carbocycles. The van der Waals surface area contributed by atoms with Crippen molar-refractivity contribution in [2.45, 2.75) is 138 Å². The molecule has 0 aromatic carbocycles. The zero-order chi connectivity index (χ0) is 45.1. The minimum atomic E-state index is -0.756. The van der Waals surface area contributed by atoms with Crippen LogP contribution in [0.25, 0.3) is 0 Å². The van der Waals surface area contributed by atoms with Gasteiger partial charge < -0.3 is 30.6 Å². The van der Waals surface area contributed by atoms with Crippen molar-refractivity contribution in [1.82, 2.24) is 20.9 Å². The van der Waals surface area contributed by atoms with Crippen LogP contribution in [-0.4, -0.2) is 106 Å². The van der Waals surface area contributed by atoms with Crippen LogP contribution < -0.4 is 16.0 Å². The number of fused-ring (bicyclic) bond motifs is 7. The summed E-state index contributed by atoms with van der Waals surface area (Å²) < 4.78 is 5.09. The zero-order valence-electron chi connectivity index (χ0n) is 39.9. The molecule has 0 aromatic heterocycles. The average Bonchev–Trinajstić information content (AvgIpc) is 3.50. The van der Waals surface area contributed by atoms with Crippen LogP contribution in [0, 0.1) is 75.4 Å². The molecule has 12 atom stereocenters. The van der Waals surface area contributed by atoms with Crippen molar-refractivity contribution >= 4 is 29.7 Å². The lowest BCUT2D eigenvalue weighted by atomic mass is 9.37. The number of likely N-dealkylation sites (N-methyl/N-ethyl adjacent to an activating group) is 1. The van der Waals surface area contributed by atoms with E-state index in [-0.39, 0.29) is 57.1 Å². The van der Waals surface area contributed by atoms with Crippen LogP contribution in [0.5, 0.6) is 0 Å². The second-order valence-electron chi connectivity index (χ2n) is 22.0. The lowest BCUT2D eigenvalue weighted by Crippen LogP contribution is -2.60. The third kappa shape index (κ3) is 10.1. The molecule has 4 N–H and O–H groups in total. The van der Waals surface area contributed by atoms with Crippen LogP contribution in [0.2, 0.25) is 0 Å². The number of amides is 1. The number of morpholine rings is 1. The molecule has 346 valence electrons. The van der Waals surface area contributed by atoms with Gasteiger partial charge in [0.05, 0.1) is 25.7 Å². The van der Waals surface area contributed by atoms with Gasteiger partial charge in [-0.2, -0.15) is 0 Å². The van der Waals surface area contributed by atoms with E-state index in [1.54, 1.807) is 0 Å². The van der Waals surface area contributed by atoms with Crippen molar-refractivity contribution in [2.75, 3.05) is 60.5 Å². The van der Waals surface area contributed by atoms with E-state index in [9.17, 15) is 29.1 Å². The molecule has 1 aliphatic heterocycles. The SMILES string of the molecule is CNC.CNC(C)(C)CNC(=O)CC12CCC3C(CCC4C3(C)CCC3C(C)C(CC(=O)C5CC(C(=O)O)C5C)CCC34C)C1=C(C(C)C)C(=O)C2.O=CCN1CCOCC1. The number of carboxylic acid groups (broad SMARTS) is 1. The van der Waals surface area contributed by atoms with Gasteiger partial charge in [0.15, 0.2) is 5.78 Å². The molecule has 1 saturated heterocycles. The molecular weight excluding hydrogens is 769 g/mol. The summed E-state index contributed by atoms with van der Waals surface area (Å²) in [6.07, 6.45) is 12.0. The maximum atomic E-state index is 13.8. The van der Waals surface area contributed by atoms with Crippen molar-refractivity contribution < 1.29 is 33.8 Å². The van der Waals surface area contributed by atoms with E-state index in [1.807, 2.05) is 28.1 Å². The molecule has 7 aliphatic rings. The van der Waals surface area contributed by atoms with Crippen LogP contribution in [-0.2, 0) is 28.7 Å². The van der Waals surface area contributed by atoms with Gasteiger partial charge in [0.2, 0.25) is 5.91 Å². The lowest BCUT2D eigenvalue weighted by molar-refractivity contribution is -0.173. The van der Waals surface area contributed by atoms with Crippen molar-refractivity contribution in [1.29, 1.82) is 0 Å². The molecular formula is C50H84N4O7. The molecule has 6 fully saturated rings. The zero-order valence-corrected chi connectivity index (χ0v) is 39.9. The molecule has 61 heavy (non-hydrogen) atoms. The number of carbonyl (C=O) groups is 5. The predicted octanol–water partition coefficient (Wildman–Crippen LogP) is 6.98. The number of aldehydes is 1. The fourth-order valence-corrected chi connectivity index (χ4v) is 14.2. The molecule has 5 saturated carbocycles. The first kappa shape index (κ1) is 49.5. The van der Waals surface area contributed by atoms with Crippen molar-refractivity contribution in [3.63, 3.8) is 0 Å². The minimum Gasteiger partial charge on any atom is -0.481 e. The smallest absolute Gasteiger partial charge is 0.306 e. The number of aliphatic carboxylic acids is 1. The van der Waals surface area contributed by atoms with Crippen LogP contribution in [0.15, 0.2) is 11.1 Å². The van der Waals surface area contributed by atoms with Gasteiger partial charge in [-0.25, -0.2) is 0 Å². The average molecular weight is 853 g/mol. The molecule has 11 nitrogen and oxygen atoms in total. The van der Waals surface area contributed by atoms with Gasteiger partial charge in [-0.05, 0) is 157 Å². The minimum absolute atomic E-state index is 0.0460. The Morgan fingerprint density at radius 3 is 2.13 bits per heavy atom. The first-order valence-corrected chi connectivity index (χ1v) is 24.0. The molecule has 12 unspecified atom stereocenters. The lowest BCUT2D eigenvalue weighted by Gasteiger charge is -2.67. The third-order valence-corrected chi connectivity index (χ3v) is 17.8. The summed E-state index contributed by atoms with van der Waals surface area (Å²) in [6, 6.07) is 0. The van der Waals surface area contributed by atoms with Crippen LogP contribution in [0.4, 0.5) is 0 Å². The van der Waals surface area contributed by atoms with Gasteiger partial charge in [-0.15, -0.1) is 0 Å². The van der Waals surface area contributed by atoms with Crippen LogP contribution >= 0.6 is 0 Å². The Morgan fingerprint density at radius 2 is 1.54 bits per heavy atom. The summed E-state index contributed by atoms with van der Waals surface area (Å²) >= 11 is 0. The second kappa shape index (κ2) is 20.1. The Balaban J connectivity index is 0.000000510. The van der Waals surface area contributed by atoms with E-state index in [2.05, 4.69) is 69.3 Å². The first-order valence-electron chi connectivity index (χ1n) is 24.0. The van der Waals surface area contributed by atoms with E-state index < -0.39 is 5.97 Å². The highest BCUT2D eigenvalue weighted by atomic mass is 16.5. The van der Waals surface area contributed by atoms with Crippen LogP contribution in [0.3, 0.4) is 0 Å². The Bertz CT molecular complexity index is 1620. The largest absolute Gasteiger partial charge is 0.481 e. The number of nitrogens with zero attached hydrogens (tertiary/aromatic N) is 1. The highest BCUT2D eigenvalue weighted by molar-refractivity contribution is 6.01. The van der Waals surface area contributed by atoms with Gasteiger partial charge >= 0.3 is 5.97 Å². The maximum absolute atomic E-state index is 13.8. The fraction of sp³-hybridized carbons (Fsp3) is 0.860. The normalized spacial score (nSPS) is 38.2. The summed E-state index contributed by atoms with van der Waals surface area (Å²) in [4.78, 5) is 64.4. The van der Waals surface area contributed by atoms with Gasteiger partial charge in [0.25, 0.3) is 0 Å². The molecule has 1 heterocycles. The van der Waals surface area contributed by atoms with Gasteiger partial charge in [0.1, 0.15) is 12.1 Å². The Labute approximate surface area is 368 Å². The number of allylic oxidation sites excluding steroid dienone is 2. The second-order valence-corrected chi connectivity index (χ2v) is 22.0. The Kier molecular flexibility index (Phi) is 16.4. The number of ketones is 2. The summed E-state index contributed by atoms with van der Waals surface area (Å²) in [5.74, 6) is 2.62. The summed E-state index contributed by atoms with van der Waals surface area (Å²) in [5.41, 5.74) is 2.35. The predicted molar refractivity (Wildman–Crippen MR) is 241 cm³/mol. The number of carboxylic acids is 1.